The van der Waals surface area contributed by atoms with Crippen LogP contribution in [0.15, 0.2) is 18.2 Å². The fourth-order valence-corrected chi connectivity index (χ4v) is 3.66. The van der Waals surface area contributed by atoms with Gasteiger partial charge in [0.2, 0.25) is 0 Å². The molecule has 0 spiro atoms. The molecular weight excluding hydrogens is 285 g/mol. The highest BCUT2D eigenvalue weighted by Crippen LogP contribution is 2.34. The molecule has 21 heavy (non-hydrogen) atoms. The van der Waals surface area contributed by atoms with Gasteiger partial charge in [0.25, 0.3) is 0 Å². The van der Waals surface area contributed by atoms with Crippen molar-refractivity contribution in [3.8, 4) is 0 Å². The molecule has 2 aromatic rings. The molecule has 0 saturated carbocycles. The SMILES string of the molecule is CCCC(C)OCc1c(CNCC)sc2cccc(F)c12. The number of fused-ring (bicyclic) bond motifs is 1. The highest BCUT2D eigenvalue weighted by atomic mass is 32.1. The third kappa shape index (κ3) is 4.02. The van der Waals surface area contributed by atoms with Gasteiger partial charge in [-0.05, 0) is 32.0 Å². The molecule has 1 heterocycles. The molecule has 0 saturated heterocycles. The van der Waals surface area contributed by atoms with Gasteiger partial charge in [-0.1, -0.05) is 26.3 Å². The summed E-state index contributed by atoms with van der Waals surface area (Å²) in [6, 6.07) is 5.29. The molecule has 0 aliphatic rings. The minimum atomic E-state index is -0.145. The van der Waals surface area contributed by atoms with E-state index in [1.54, 1.807) is 17.4 Å². The van der Waals surface area contributed by atoms with Crippen LogP contribution in [0.2, 0.25) is 0 Å². The van der Waals surface area contributed by atoms with Crippen molar-refractivity contribution >= 4 is 21.4 Å². The van der Waals surface area contributed by atoms with Gasteiger partial charge in [-0.25, -0.2) is 4.39 Å². The molecular formula is C17H24FNOS. The maximum atomic E-state index is 14.2. The predicted octanol–water partition coefficient (Wildman–Crippen LogP) is 4.86. The van der Waals surface area contributed by atoms with Crippen LogP contribution in [0.25, 0.3) is 10.1 Å². The topological polar surface area (TPSA) is 21.3 Å². The van der Waals surface area contributed by atoms with E-state index in [9.17, 15) is 4.39 Å². The lowest BCUT2D eigenvalue weighted by Gasteiger charge is -2.13. The summed E-state index contributed by atoms with van der Waals surface area (Å²) < 4.78 is 21.1. The van der Waals surface area contributed by atoms with Crippen LogP contribution in [0.3, 0.4) is 0 Å². The van der Waals surface area contributed by atoms with Gasteiger partial charge in [0, 0.05) is 27.1 Å². The fourth-order valence-electron chi connectivity index (χ4n) is 2.47. The van der Waals surface area contributed by atoms with Crippen LogP contribution in [0, 0.1) is 5.82 Å². The van der Waals surface area contributed by atoms with Crippen LogP contribution in [0.4, 0.5) is 4.39 Å². The van der Waals surface area contributed by atoms with E-state index < -0.39 is 0 Å². The molecule has 1 unspecified atom stereocenters. The minimum absolute atomic E-state index is 0.145. The second-order valence-corrected chi connectivity index (χ2v) is 6.44. The summed E-state index contributed by atoms with van der Waals surface area (Å²) in [7, 11) is 0. The Hall–Kier alpha value is -0.970. The molecule has 1 aromatic heterocycles. The number of thiophene rings is 1. The van der Waals surface area contributed by atoms with Crippen LogP contribution in [0.5, 0.6) is 0 Å². The van der Waals surface area contributed by atoms with E-state index in [4.69, 9.17) is 4.74 Å². The smallest absolute Gasteiger partial charge is 0.132 e. The van der Waals surface area contributed by atoms with E-state index in [0.717, 1.165) is 41.6 Å². The molecule has 1 N–H and O–H groups in total. The number of hydrogen-bond acceptors (Lipinski definition) is 3. The Morgan fingerprint density at radius 1 is 1.33 bits per heavy atom. The Morgan fingerprint density at radius 3 is 2.86 bits per heavy atom. The van der Waals surface area contributed by atoms with Crippen molar-refractivity contribution in [1.82, 2.24) is 5.32 Å². The normalized spacial score (nSPS) is 13.0. The quantitative estimate of drug-likeness (QED) is 0.752. The first kappa shape index (κ1) is 16.4. The van der Waals surface area contributed by atoms with Crippen LogP contribution in [-0.2, 0) is 17.9 Å². The molecule has 0 aliphatic carbocycles. The lowest BCUT2D eigenvalue weighted by atomic mass is 10.1. The average Bonchev–Trinajstić information content (AvgIpc) is 2.82. The second kappa shape index (κ2) is 7.87. The Balaban J connectivity index is 2.28. The van der Waals surface area contributed by atoms with E-state index >= 15 is 0 Å². The monoisotopic (exact) mass is 309 g/mol. The Bertz CT molecular complexity index is 581. The summed E-state index contributed by atoms with van der Waals surface area (Å²) in [6.07, 6.45) is 2.35. The van der Waals surface area contributed by atoms with Crippen molar-refractivity contribution in [2.75, 3.05) is 6.54 Å². The summed E-state index contributed by atoms with van der Waals surface area (Å²) in [6.45, 7) is 8.48. The molecule has 0 aliphatic heterocycles. The highest BCUT2D eigenvalue weighted by Gasteiger charge is 2.16. The zero-order valence-corrected chi connectivity index (χ0v) is 13.9. The van der Waals surface area contributed by atoms with Crippen molar-refractivity contribution in [2.24, 2.45) is 0 Å². The molecule has 0 amide bonds. The maximum Gasteiger partial charge on any atom is 0.132 e. The largest absolute Gasteiger partial charge is 0.374 e. The first-order valence-electron chi connectivity index (χ1n) is 7.68. The van der Waals surface area contributed by atoms with Gasteiger partial charge in [0.05, 0.1) is 12.7 Å². The molecule has 4 heteroatoms. The Labute approximate surface area is 130 Å². The van der Waals surface area contributed by atoms with Gasteiger partial charge in [-0.2, -0.15) is 0 Å². The van der Waals surface area contributed by atoms with Crippen molar-refractivity contribution in [2.45, 2.75) is 52.9 Å². The summed E-state index contributed by atoms with van der Waals surface area (Å²) in [5.74, 6) is -0.145. The molecule has 116 valence electrons. The number of nitrogens with one attached hydrogen (secondary N) is 1. The van der Waals surface area contributed by atoms with Crippen LogP contribution in [0.1, 0.15) is 44.1 Å². The predicted molar refractivity (Wildman–Crippen MR) is 88.3 cm³/mol. The lowest BCUT2D eigenvalue weighted by molar-refractivity contribution is 0.0475. The molecule has 0 bridgehead atoms. The van der Waals surface area contributed by atoms with Crippen molar-refractivity contribution < 1.29 is 9.13 Å². The molecule has 2 nitrogen and oxygen atoms in total. The van der Waals surface area contributed by atoms with Gasteiger partial charge in [-0.15, -0.1) is 11.3 Å². The van der Waals surface area contributed by atoms with Gasteiger partial charge >= 0.3 is 0 Å². The van der Waals surface area contributed by atoms with E-state index in [2.05, 4.69) is 26.1 Å². The summed E-state index contributed by atoms with van der Waals surface area (Å²) in [5, 5.41) is 4.07. The first-order chi connectivity index (χ1) is 10.2. The molecule has 1 aromatic carbocycles. The lowest BCUT2D eigenvalue weighted by Crippen LogP contribution is -2.13. The first-order valence-corrected chi connectivity index (χ1v) is 8.50. The van der Waals surface area contributed by atoms with Crippen LogP contribution < -0.4 is 5.32 Å². The second-order valence-electron chi connectivity index (χ2n) is 5.31. The summed E-state index contributed by atoms with van der Waals surface area (Å²) in [4.78, 5) is 1.18. The minimum Gasteiger partial charge on any atom is -0.374 e. The van der Waals surface area contributed by atoms with Crippen molar-refractivity contribution in [1.29, 1.82) is 0 Å². The maximum absolute atomic E-state index is 14.2. The third-order valence-electron chi connectivity index (χ3n) is 3.59. The number of hydrogen-bond donors (Lipinski definition) is 1. The van der Waals surface area contributed by atoms with E-state index in [0.29, 0.717) is 6.61 Å². The number of ether oxygens (including phenoxy) is 1. The summed E-state index contributed by atoms with van der Waals surface area (Å²) in [5.41, 5.74) is 1.01. The number of benzene rings is 1. The Morgan fingerprint density at radius 2 is 2.14 bits per heavy atom. The standard InChI is InChI=1S/C17H24FNOS/c1-4-7-12(3)20-11-13-16(10-19-5-2)21-15-9-6-8-14(18)17(13)15/h6,8-9,12,19H,4-5,7,10-11H2,1-3H3. The average molecular weight is 309 g/mol. The van der Waals surface area contributed by atoms with E-state index in [1.807, 2.05) is 6.07 Å². The van der Waals surface area contributed by atoms with Gasteiger partial charge < -0.3 is 10.1 Å². The van der Waals surface area contributed by atoms with Crippen molar-refractivity contribution in [3.63, 3.8) is 0 Å². The number of halogens is 1. The highest BCUT2D eigenvalue weighted by molar-refractivity contribution is 7.19. The number of rotatable bonds is 8. The van der Waals surface area contributed by atoms with Gasteiger partial charge in [0.15, 0.2) is 0 Å². The summed E-state index contributed by atoms with van der Waals surface area (Å²) >= 11 is 1.66. The fraction of sp³-hybridized carbons (Fsp3) is 0.529. The molecule has 0 fully saturated rings. The molecule has 2 rings (SSSR count). The van der Waals surface area contributed by atoms with Gasteiger partial charge in [0.1, 0.15) is 5.82 Å². The van der Waals surface area contributed by atoms with Crippen LogP contribution in [-0.4, -0.2) is 12.6 Å². The molecule has 1 atom stereocenters. The van der Waals surface area contributed by atoms with Crippen LogP contribution >= 0.6 is 11.3 Å². The third-order valence-corrected chi connectivity index (χ3v) is 4.79. The van der Waals surface area contributed by atoms with E-state index in [1.165, 1.54) is 10.9 Å². The molecule has 0 radical (unpaired) electrons. The van der Waals surface area contributed by atoms with Crippen molar-refractivity contribution in [3.05, 3.63) is 34.5 Å². The van der Waals surface area contributed by atoms with Gasteiger partial charge in [-0.3, -0.25) is 0 Å². The van der Waals surface area contributed by atoms with E-state index in [-0.39, 0.29) is 11.9 Å². The zero-order chi connectivity index (χ0) is 15.2. The Kier molecular flexibility index (Phi) is 6.15. The zero-order valence-electron chi connectivity index (χ0n) is 13.0.